The third-order valence-electron chi connectivity index (χ3n) is 5.08. The van der Waals surface area contributed by atoms with Gasteiger partial charge in [0.2, 0.25) is 5.91 Å². The van der Waals surface area contributed by atoms with Crippen molar-refractivity contribution in [3.8, 4) is 0 Å². The lowest BCUT2D eigenvalue weighted by Gasteiger charge is -2.21. The topological polar surface area (TPSA) is 59.0 Å². The lowest BCUT2D eigenvalue weighted by molar-refractivity contribution is -0.125. The van der Waals surface area contributed by atoms with Crippen LogP contribution in [0.1, 0.15) is 24.0 Å². The maximum Gasteiger partial charge on any atom is 0.223 e. The second kappa shape index (κ2) is 9.02. The van der Waals surface area contributed by atoms with Gasteiger partial charge in [-0.1, -0.05) is 36.4 Å². The third kappa shape index (κ3) is 4.67. The number of imidazole rings is 1. The van der Waals surface area contributed by atoms with E-state index >= 15 is 0 Å². The first-order valence-corrected chi connectivity index (χ1v) is 9.26. The van der Waals surface area contributed by atoms with Crippen molar-refractivity contribution in [1.29, 1.82) is 0 Å². The van der Waals surface area contributed by atoms with Crippen molar-refractivity contribution < 1.29 is 4.79 Å². The van der Waals surface area contributed by atoms with Crippen molar-refractivity contribution in [2.75, 3.05) is 13.1 Å². The van der Waals surface area contributed by atoms with Gasteiger partial charge in [-0.25, -0.2) is 4.98 Å². The molecule has 4 rings (SSSR count). The summed E-state index contributed by atoms with van der Waals surface area (Å²) in [5, 5.41) is 6.37. The minimum absolute atomic E-state index is 0. The van der Waals surface area contributed by atoms with E-state index in [9.17, 15) is 4.79 Å². The fraction of sp³-hybridized carbons (Fsp3) is 0.333. The van der Waals surface area contributed by atoms with Gasteiger partial charge in [0.25, 0.3) is 0 Å². The monoisotopic (exact) mass is 384 g/mol. The van der Waals surface area contributed by atoms with Gasteiger partial charge in [0.15, 0.2) is 0 Å². The number of aromatic nitrogens is 2. The first-order valence-electron chi connectivity index (χ1n) is 9.26. The van der Waals surface area contributed by atoms with Crippen LogP contribution in [0, 0.1) is 5.92 Å². The summed E-state index contributed by atoms with van der Waals surface area (Å²) < 4.78 is 2.16. The molecule has 1 amide bonds. The second-order valence-electron chi connectivity index (χ2n) is 6.92. The lowest BCUT2D eigenvalue weighted by atomic mass is 9.97. The number of fused-ring (bicyclic) bond motifs is 1. The molecule has 1 aliphatic heterocycles. The Labute approximate surface area is 165 Å². The molecule has 2 aromatic carbocycles. The molecule has 0 bridgehead atoms. The number of halogens is 1. The first-order chi connectivity index (χ1) is 12.8. The van der Waals surface area contributed by atoms with E-state index in [-0.39, 0.29) is 24.2 Å². The molecule has 0 unspecified atom stereocenters. The van der Waals surface area contributed by atoms with Crippen LogP contribution in [0.2, 0.25) is 0 Å². The van der Waals surface area contributed by atoms with E-state index in [1.165, 1.54) is 5.56 Å². The predicted molar refractivity (Wildman–Crippen MR) is 110 cm³/mol. The molecule has 2 heterocycles. The summed E-state index contributed by atoms with van der Waals surface area (Å²) in [6.45, 7) is 3.27. The minimum Gasteiger partial charge on any atom is -0.352 e. The van der Waals surface area contributed by atoms with Gasteiger partial charge in [0, 0.05) is 19.0 Å². The SMILES string of the molecule is Cl.O=C(NCc1ccc(Cn2cnc3ccccc32)cc1)C1CCNCC1. The van der Waals surface area contributed by atoms with Crippen molar-refractivity contribution in [3.05, 3.63) is 66.0 Å². The van der Waals surface area contributed by atoms with E-state index in [0.29, 0.717) is 6.54 Å². The number of nitrogens with zero attached hydrogens (tertiary/aromatic N) is 2. The Morgan fingerprint density at radius 1 is 1.07 bits per heavy atom. The number of rotatable bonds is 5. The zero-order valence-corrected chi connectivity index (χ0v) is 16.0. The van der Waals surface area contributed by atoms with Gasteiger partial charge in [-0.15, -0.1) is 12.4 Å². The fourth-order valence-corrected chi connectivity index (χ4v) is 3.51. The third-order valence-corrected chi connectivity index (χ3v) is 5.08. The van der Waals surface area contributed by atoms with Gasteiger partial charge in [-0.3, -0.25) is 4.79 Å². The average molecular weight is 385 g/mol. The van der Waals surface area contributed by atoms with Crippen LogP contribution in [0.5, 0.6) is 0 Å². The van der Waals surface area contributed by atoms with E-state index < -0.39 is 0 Å². The molecule has 0 aliphatic carbocycles. The molecule has 0 radical (unpaired) electrons. The minimum atomic E-state index is 0. The molecule has 1 aliphatic rings. The van der Waals surface area contributed by atoms with Crippen LogP contribution in [0.3, 0.4) is 0 Å². The molecular weight excluding hydrogens is 360 g/mol. The lowest BCUT2D eigenvalue weighted by Crippen LogP contribution is -2.37. The summed E-state index contributed by atoms with van der Waals surface area (Å²) in [6.07, 6.45) is 3.76. The van der Waals surface area contributed by atoms with Crippen LogP contribution in [0.15, 0.2) is 54.9 Å². The summed E-state index contributed by atoms with van der Waals surface area (Å²) in [5.74, 6) is 0.338. The number of hydrogen-bond acceptors (Lipinski definition) is 3. The molecule has 3 aromatic rings. The molecule has 1 aromatic heterocycles. The maximum absolute atomic E-state index is 12.2. The number of amides is 1. The van der Waals surface area contributed by atoms with Crippen molar-refractivity contribution in [1.82, 2.24) is 20.2 Å². The van der Waals surface area contributed by atoms with Crippen LogP contribution in [0.4, 0.5) is 0 Å². The smallest absolute Gasteiger partial charge is 0.223 e. The van der Waals surface area contributed by atoms with E-state index in [1.54, 1.807) is 0 Å². The van der Waals surface area contributed by atoms with E-state index in [0.717, 1.165) is 49.1 Å². The van der Waals surface area contributed by atoms with Gasteiger partial charge in [-0.05, 0) is 49.2 Å². The quantitative estimate of drug-likeness (QED) is 0.710. The van der Waals surface area contributed by atoms with Gasteiger partial charge in [-0.2, -0.15) is 0 Å². The molecule has 27 heavy (non-hydrogen) atoms. The normalized spacial score (nSPS) is 14.7. The highest BCUT2D eigenvalue weighted by atomic mass is 35.5. The average Bonchev–Trinajstić information content (AvgIpc) is 3.11. The molecule has 0 spiro atoms. The van der Waals surface area contributed by atoms with E-state index in [1.807, 2.05) is 24.5 Å². The van der Waals surface area contributed by atoms with Crippen LogP contribution in [0.25, 0.3) is 11.0 Å². The van der Waals surface area contributed by atoms with Gasteiger partial charge in [0.05, 0.1) is 17.4 Å². The zero-order chi connectivity index (χ0) is 17.8. The molecule has 0 atom stereocenters. The Bertz CT molecular complexity index is 885. The van der Waals surface area contributed by atoms with Crippen molar-refractivity contribution in [3.63, 3.8) is 0 Å². The maximum atomic E-state index is 12.2. The van der Waals surface area contributed by atoms with Crippen molar-refractivity contribution in [2.45, 2.75) is 25.9 Å². The number of benzene rings is 2. The highest BCUT2D eigenvalue weighted by Gasteiger charge is 2.20. The summed E-state index contributed by atoms with van der Waals surface area (Å²) in [7, 11) is 0. The number of hydrogen-bond donors (Lipinski definition) is 2. The fourth-order valence-electron chi connectivity index (χ4n) is 3.51. The van der Waals surface area contributed by atoms with Gasteiger partial charge < -0.3 is 15.2 Å². The number of para-hydroxylation sites is 2. The largest absolute Gasteiger partial charge is 0.352 e. The summed E-state index contributed by atoms with van der Waals surface area (Å²) >= 11 is 0. The molecular formula is C21H25ClN4O. The Balaban J connectivity index is 0.00000210. The van der Waals surface area contributed by atoms with Gasteiger partial charge >= 0.3 is 0 Å². The summed E-state index contributed by atoms with van der Waals surface area (Å²) in [4.78, 5) is 16.7. The zero-order valence-electron chi connectivity index (χ0n) is 15.2. The van der Waals surface area contributed by atoms with Crippen LogP contribution in [-0.4, -0.2) is 28.5 Å². The molecule has 1 saturated heterocycles. The van der Waals surface area contributed by atoms with Crippen molar-refractivity contribution in [2.24, 2.45) is 5.92 Å². The summed E-state index contributed by atoms with van der Waals surface area (Å²) in [5.41, 5.74) is 4.52. The first kappa shape index (κ1) is 19.4. The Hall–Kier alpha value is -2.37. The summed E-state index contributed by atoms with van der Waals surface area (Å²) in [6, 6.07) is 16.6. The van der Waals surface area contributed by atoms with Crippen LogP contribution in [-0.2, 0) is 17.9 Å². The Morgan fingerprint density at radius 3 is 2.56 bits per heavy atom. The number of carbonyl (C=O) groups is 1. The van der Waals surface area contributed by atoms with E-state index in [4.69, 9.17) is 0 Å². The molecule has 6 heteroatoms. The van der Waals surface area contributed by atoms with Crippen molar-refractivity contribution >= 4 is 29.3 Å². The Morgan fingerprint density at radius 2 is 1.78 bits per heavy atom. The number of carbonyl (C=O) groups excluding carboxylic acids is 1. The van der Waals surface area contributed by atoms with E-state index in [2.05, 4.69) is 50.5 Å². The Kier molecular flexibility index (Phi) is 6.48. The number of nitrogens with one attached hydrogen (secondary N) is 2. The van der Waals surface area contributed by atoms with Crippen LogP contribution < -0.4 is 10.6 Å². The standard InChI is InChI=1S/C21H24N4O.ClH/c26-21(18-9-11-22-12-10-18)23-13-16-5-7-17(8-6-16)14-25-15-24-19-3-1-2-4-20(19)25;/h1-8,15,18,22H,9-14H2,(H,23,26);1H. The molecule has 1 fully saturated rings. The number of piperidine rings is 1. The van der Waals surface area contributed by atoms with Crippen LogP contribution >= 0.6 is 12.4 Å². The molecule has 2 N–H and O–H groups in total. The second-order valence-corrected chi connectivity index (χ2v) is 6.92. The molecule has 0 saturated carbocycles. The van der Waals surface area contributed by atoms with Gasteiger partial charge in [0.1, 0.15) is 0 Å². The molecule has 142 valence electrons. The molecule has 5 nitrogen and oxygen atoms in total. The highest BCUT2D eigenvalue weighted by Crippen LogP contribution is 2.15. The highest BCUT2D eigenvalue weighted by molar-refractivity contribution is 5.85. The predicted octanol–water partition coefficient (Wildman–Crippen LogP) is 3.12.